The summed E-state index contributed by atoms with van der Waals surface area (Å²) in [5, 5.41) is 4.65. The van der Waals surface area contributed by atoms with Crippen LogP contribution in [0.25, 0.3) is 22.8 Å². The highest BCUT2D eigenvalue weighted by Crippen LogP contribution is 2.32. The lowest BCUT2D eigenvalue weighted by Gasteiger charge is -2.11. The fraction of sp³-hybridized carbons (Fsp3) is 0.375. The lowest BCUT2D eigenvalue weighted by molar-refractivity contribution is -0.143. The molecule has 0 fully saturated rings. The van der Waals surface area contributed by atoms with Crippen LogP contribution in [0.4, 0.5) is 0 Å². The number of carbonyl (C=O) groups excluding carboxylic acids is 1. The second-order valence-electron chi connectivity index (χ2n) is 7.48. The van der Waals surface area contributed by atoms with Crippen LogP contribution in [-0.4, -0.2) is 28.8 Å². The third-order valence-electron chi connectivity index (χ3n) is 4.79. The predicted molar refractivity (Wildman–Crippen MR) is 120 cm³/mol. The van der Waals surface area contributed by atoms with Gasteiger partial charge in [-0.05, 0) is 69.9 Å². The van der Waals surface area contributed by atoms with Crippen molar-refractivity contribution in [2.24, 2.45) is 0 Å². The standard InChI is InChI=1S/C24H27ClN2O4/c1-5-29-22(28)11-7-9-17-8-6-10-19(16(17)4)23-26-24(31-27-23)18-12-13-21(20(25)14-18)30-15(2)3/h6,8,10,12-15H,5,7,9,11H2,1-4H3. The monoisotopic (exact) mass is 442 g/mol. The molecule has 3 aromatic rings. The van der Waals surface area contributed by atoms with E-state index in [0.29, 0.717) is 35.5 Å². The molecule has 0 unspecified atom stereocenters. The molecule has 6 nitrogen and oxygen atoms in total. The summed E-state index contributed by atoms with van der Waals surface area (Å²) in [6.45, 7) is 8.14. The van der Waals surface area contributed by atoms with Crippen molar-refractivity contribution >= 4 is 17.6 Å². The molecule has 0 radical (unpaired) electrons. The van der Waals surface area contributed by atoms with E-state index in [1.54, 1.807) is 12.1 Å². The Morgan fingerprint density at radius 3 is 2.74 bits per heavy atom. The largest absolute Gasteiger partial charge is 0.489 e. The van der Waals surface area contributed by atoms with Gasteiger partial charge in [-0.25, -0.2) is 0 Å². The molecule has 0 amide bonds. The predicted octanol–water partition coefficient (Wildman–Crippen LogP) is 6.04. The highest BCUT2D eigenvalue weighted by Gasteiger charge is 2.16. The summed E-state index contributed by atoms with van der Waals surface area (Å²) in [6.07, 6.45) is 1.94. The normalized spacial score (nSPS) is 11.0. The Bertz CT molecular complexity index is 1050. The maximum absolute atomic E-state index is 11.6. The van der Waals surface area contributed by atoms with E-state index in [4.69, 9.17) is 25.6 Å². The molecule has 0 saturated heterocycles. The van der Waals surface area contributed by atoms with Gasteiger partial charge in [0, 0.05) is 17.5 Å². The summed E-state index contributed by atoms with van der Waals surface area (Å²) >= 11 is 6.34. The summed E-state index contributed by atoms with van der Waals surface area (Å²) in [4.78, 5) is 16.1. The Morgan fingerprint density at radius 1 is 1.23 bits per heavy atom. The molecule has 3 rings (SSSR count). The number of ether oxygens (including phenoxy) is 2. The second kappa shape index (κ2) is 10.4. The Kier molecular flexibility index (Phi) is 7.69. The maximum Gasteiger partial charge on any atom is 0.305 e. The van der Waals surface area contributed by atoms with Gasteiger partial charge in [0.1, 0.15) is 5.75 Å². The number of benzene rings is 2. The molecule has 1 aromatic heterocycles. The topological polar surface area (TPSA) is 74.5 Å². The van der Waals surface area contributed by atoms with E-state index in [1.165, 1.54) is 0 Å². The van der Waals surface area contributed by atoms with Crippen LogP contribution in [0.1, 0.15) is 44.7 Å². The van der Waals surface area contributed by atoms with Gasteiger partial charge in [0.2, 0.25) is 5.82 Å². The fourth-order valence-corrected chi connectivity index (χ4v) is 3.51. The average molecular weight is 443 g/mol. The summed E-state index contributed by atoms with van der Waals surface area (Å²) in [5.41, 5.74) is 3.83. The number of esters is 1. The first-order valence-electron chi connectivity index (χ1n) is 10.4. The quantitative estimate of drug-likeness (QED) is 0.376. The van der Waals surface area contributed by atoms with Gasteiger partial charge in [-0.2, -0.15) is 4.98 Å². The number of hydrogen-bond acceptors (Lipinski definition) is 6. The van der Waals surface area contributed by atoms with Gasteiger partial charge in [0.05, 0.1) is 17.7 Å². The zero-order valence-electron chi connectivity index (χ0n) is 18.3. The SMILES string of the molecule is CCOC(=O)CCCc1cccc(-c2noc(-c3ccc(OC(C)C)c(Cl)c3)n2)c1C. The molecule has 0 spiro atoms. The number of aryl methyl sites for hydroxylation is 1. The maximum atomic E-state index is 11.6. The molecule has 0 bridgehead atoms. The number of aromatic nitrogens is 2. The molecule has 0 atom stereocenters. The van der Waals surface area contributed by atoms with Crippen LogP contribution < -0.4 is 4.74 Å². The van der Waals surface area contributed by atoms with Crippen molar-refractivity contribution in [3.8, 4) is 28.6 Å². The zero-order valence-corrected chi connectivity index (χ0v) is 19.0. The molecule has 1 heterocycles. The van der Waals surface area contributed by atoms with Gasteiger partial charge in [-0.15, -0.1) is 0 Å². The zero-order chi connectivity index (χ0) is 22.4. The van der Waals surface area contributed by atoms with Crippen molar-refractivity contribution in [1.82, 2.24) is 10.1 Å². The Morgan fingerprint density at radius 2 is 2.03 bits per heavy atom. The van der Waals surface area contributed by atoms with Crippen molar-refractivity contribution < 1.29 is 18.8 Å². The minimum absolute atomic E-state index is 0.0332. The van der Waals surface area contributed by atoms with Crippen molar-refractivity contribution in [1.29, 1.82) is 0 Å². The second-order valence-corrected chi connectivity index (χ2v) is 7.89. The molecular formula is C24H27ClN2O4. The average Bonchev–Trinajstić information content (AvgIpc) is 3.21. The van der Waals surface area contributed by atoms with E-state index < -0.39 is 0 Å². The van der Waals surface area contributed by atoms with E-state index >= 15 is 0 Å². The number of halogens is 1. The molecule has 0 saturated carbocycles. The van der Waals surface area contributed by atoms with Gasteiger partial charge in [0.25, 0.3) is 5.89 Å². The van der Waals surface area contributed by atoms with Crippen LogP contribution >= 0.6 is 11.6 Å². The van der Waals surface area contributed by atoms with Crippen molar-refractivity contribution in [2.75, 3.05) is 6.61 Å². The molecule has 0 N–H and O–H groups in total. The van der Waals surface area contributed by atoms with Crippen LogP contribution in [0.5, 0.6) is 5.75 Å². The first-order valence-corrected chi connectivity index (χ1v) is 10.8. The third-order valence-corrected chi connectivity index (χ3v) is 5.08. The highest BCUT2D eigenvalue weighted by atomic mass is 35.5. The molecule has 31 heavy (non-hydrogen) atoms. The summed E-state index contributed by atoms with van der Waals surface area (Å²) < 4.78 is 16.2. The first-order chi connectivity index (χ1) is 14.9. The number of carbonyl (C=O) groups is 1. The molecule has 164 valence electrons. The summed E-state index contributed by atoms with van der Waals surface area (Å²) in [7, 11) is 0. The van der Waals surface area contributed by atoms with Crippen LogP contribution in [-0.2, 0) is 16.0 Å². The summed E-state index contributed by atoms with van der Waals surface area (Å²) in [5.74, 6) is 1.35. The molecule has 0 aliphatic rings. The van der Waals surface area contributed by atoms with Crippen LogP contribution in [0.3, 0.4) is 0 Å². The Hall–Kier alpha value is -2.86. The smallest absolute Gasteiger partial charge is 0.305 e. The third kappa shape index (κ3) is 5.85. The van der Waals surface area contributed by atoms with Crippen LogP contribution in [0, 0.1) is 6.92 Å². The molecular weight excluding hydrogens is 416 g/mol. The van der Waals surface area contributed by atoms with Gasteiger partial charge in [-0.3, -0.25) is 4.79 Å². The summed E-state index contributed by atoms with van der Waals surface area (Å²) in [6, 6.07) is 11.4. The molecule has 7 heteroatoms. The highest BCUT2D eigenvalue weighted by molar-refractivity contribution is 6.32. The van der Waals surface area contributed by atoms with Crippen molar-refractivity contribution in [2.45, 2.75) is 53.1 Å². The van der Waals surface area contributed by atoms with Crippen molar-refractivity contribution in [3.63, 3.8) is 0 Å². The van der Waals surface area contributed by atoms with Gasteiger partial charge in [-0.1, -0.05) is 35.0 Å². The van der Waals surface area contributed by atoms with Gasteiger partial charge >= 0.3 is 5.97 Å². The van der Waals surface area contributed by atoms with E-state index in [-0.39, 0.29) is 12.1 Å². The minimum Gasteiger partial charge on any atom is -0.489 e. The van der Waals surface area contributed by atoms with Crippen LogP contribution in [0.2, 0.25) is 5.02 Å². The Labute approximate surface area is 187 Å². The van der Waals surface area contributed by atoms with Crippen LogP contribution in [0.15, 0.2) is 40.9 Å². The molecule has 0 aliphatic carbocycles. The fourth-order valence-electron chi connectivity index (χ4n) is 3.29. The molecule has 0 aliphatic heterocycles. The van der Waals surface area contributed by atoms with E-state index in [2.05, 4.69) is 16.2 Å². The van der Waals surface area contributed by atoms with Crippen molar-refractivity contribution in [3.05, 3.63) is 52.5 Å². The van der Waals surface area contributed by atoms with E-state index in [0.717, 1.165) is 35.1 Å². The van der Waals surface area contributed by atoms with E-state index in [1.807, 2.05) is 45.9 Å². The van der Waals surface area contributed by atoms with Gasteiger partial charge < -0.3 is 14.0 Å². The van der Waals surface area contributed by atoms with Gasteiger partial charge in [0.15, 0.2) is 0 Å². The minimum atomic E-state index is -0.164. The van der Waals surface area contributed by atoms with E-state index in [9.17, 15) is 4.79 Å². The number of hydrogen-bond donors (Lipinski definition) is 0. The number of rotatable bonds is 9. The first kappa shape index (κ1) is 22.8. The Balaban J connectivity index is 1.76. The molecule has 2 aromatic carbocycles. The lowest BCUT2D eigenvalue weighted by atomic mass is 9.98. The number of nitrogens with zero attached hydrogens (tertiary/aromatic N) is 2. The lowest BCUT2D eigenvalue weighted by Crippen LogP contribution is -2.05.